The molecule has 27 heavy (non-hydrogen) atoms. The average molecular weight is 408 g/mol. The Hall–Kier alpha value is -1.74. The Balaban J connectivity index is 1.40. The van der Waals surface area contributed by atoms with E-state index < -0.39 is 10.0 Å². The molecule has 0 aliphatic carbocycles. The molecule has 2 heterocycles. The third-order valence-electron chi connectivity index (χ3n) is 4.85. The minimum Gasteiger partial charge on any atom is -0.356 e. The van der Waals surface area contributed by atoms with Crippen molar-refractivity contribution in [3.05, 3.63) is 52.2 Å². The number of thiophene rings is 1. The fraction of sp³-hybridized carbons (Fsp3) is 0.421. The quantitative estimate of drug-likeness (QED) is 0.702. The maximum atomic E-state index is 12.1. The summed E-state index contributed by atoms with van der Waals surface area (Å²) in [5.41, 5.74) is 0.958. The first kappa shape index (κ1) is 20.0. The number of carbonyl (C=O) groups excluding carboxylic acids is 1. The number of nitrogens with zero attached hydrogens (tertiary/aromatic N) is 1. The highest BCUT2D eigenvalue weighted by Crippen LogP contribution is 2.34. The van der Waals surface area contributed by atoms with Gasteiger partial charge >= 0.3 is 0 Å². The first-order valence-electron chi connectivity index (χ1n) is 9.09. The molecule has 1 unspecified atom stereocenters. The van der Waals surface area contributed by atoms with Gasteiger partial charge in [-0.05, 0) is 54.9 Å². The normalized spacial score (nSPS) is 17.9. The van der Waals surface area contributed by atoms with Crippen molar-refractivity contribution in [3.63, 3.8) is 0 Å². The van der Waals surface area contributed by atoms with Gasteiger partial charge in [0.2, 0.25) is 15.9 Å². The van der Waals surface area contributed by atoms with Crippen LogP contribution in [0.3, 0.4) is 0 Å². The Morgan fingerprint density at radius 1 is 1.26 bits per heavy atom. The summed E-state index contributed by atoms with van der Waals surface area (Å²) >= 11 is 1.78. The third kappa shape index (κ3) is 5.62. The highest BCUT2D eigenvalue weighted by atomic mass is 32.2. The van der Waals surface area contributed by atoms with Gasteiger partial charge in [0.05, 0.1) is 4.90 Å². The minimum absolute atomic E-state index is 0.0491. The predicted octanol–water partition coefficient (Wildman–Crippen LogP) is 2.28. The number of sulfonamides is 1. The number of likely N-dealkylation sites (tertiary alicyclic amines) is 1. The molecular formula is C19H25N3O3S2. The Morgan fingerprint density at radius 2 is 2.04 bits per heavy atom. The van der Waals surface area contributed by atoms with Crippen molar-refractivity contribution in [2.45, 2.75) is 36.6 Å². The molecule has 1 aromatic heterocycles. The van der Waals surface area contributed by atoms with Crippen LogP contribution in [-0.2, 0) is 21.2 Å². The molecule has 0 spiro atoms. The summed E-state index contributed by atoms with van der Waals surface area (Å²) in [6.07, 6.45) is 3.49. The maximum Gasteiger partial charge on any atom is 0.238 e. The number of carbonyl (C=O) groups is 1. The summed E-state index contributed by atoms with van der Waals surface area (Å²) in [7, 11) is -3.66. The van der Waals surface area contributed by atoms with E-state index in [4.69, 9.17) is 5.14 Å². The smallest absolute Gasteiger partial charge is 0.238 e. The fourth-order valence-corrected chi connectivity index (χ4v) is 4.83. The van der Waals surface area contributed by atoms with Crippen molar-refractivity contribution in [2.24, 2.45) is 5.14 Å². The lowest BCUT2D eigenvalue weighted by atomic mass is 10.1. The van der Waals surface area contributed by atoms with E-state index >= 15 is 0 Å². The summed E-state index contributed by atoms with van der Waals surface area (Å²) in [5.74, 6) is 0.0491. The number of nitrogens with one attached hydrogen (secondary N) is 1. The molecule has 1 atom stereocenters. The zero-order valence-corrected chi connectivity index (χ0v) is 16.8. The largest absolute Gasteiger partial charge is 0.356 e. The first-order chi connectivity index (χ1) is 12.9. The van der Waals surface area contributed by atoms with Crippen LogP contribution in [0, 0.1) is 0 Å². The van der Waals surface area contributed by atoms with Gasteiger partial charge in [-0.15, -0.1) is 11.3 Å². The lowest BCUT2D eigenvalue weighted by Gasteiger charge is -2.23. The van der Waals surface area contributed by atoms with E-state index in [1.165, 1.54) is 23.4 Å². The van der Waals surface area contributed by atoms with E-state index in [2.05, 4.69) is 27.7 Å². The lowest BCUT2D eigenvalue weighted by molar-refractivity contribution is -0.121. The number of hydrogen-bond acceptors (Lipinski definition) is 5. The van der Waals surface area contributed by atoms with E-state index in [1.807, 2.05) is 0 Å². The van der Waals surface area contributed by atoms with E-state index in [-0.39, 0.29) is 10.8 Å². The van der Waals surface area contributed by atoms with Gasteiger partial charge in [0, 0.05) is 30.4 Å². The molecule has 0 saturated carbocycles. The summed E-state index contributed by atoms with van der Waals surface area (Å²) in [5, 5.41) is 10.1. The lowest BCUT2D eigenvalue weighted by Crippen LogP contribution is -2.31. The van der Waals surface area contributed by atoms with Crippen LogP contribution in [0.4, 0.5) is 0 Å². The molecule has 1 amide bonds. The Labute approximate surface area is 164 Å². The van der Waals surface area contributed by atoms with Gasteiger partial charge in [-0.3, -0.25) is 9.69 Å². The van der Waals surface area contributed by atoms with Gasteiger partial charge in [-0.1, -0.05) is 18.2 Å². The molecule has 146 valence electrons. The molecule has 0 bridgehead atoms. The van der Waals surface area contributed by atoms with Gasteiger partial charge in [0.1, 0.15) is 0 Å². The second kappa shape index (κ2) is 8.97. The standard InChI is InChI=1S/C19H25N3O3S2/c20-27(24,25)16-7-5-15(6-8-16)9-11-21-19(23)10-13-22-12-1-3-17(22)18-4-2-14-26-18/h2,4-8,14,17H,1,3,9-13H2,(H,21,23)(H2,20,24,25). The van der Waals surface area contributed by atoms with Crippen LogP contribution in [0.1, 0.15) is 35.7 Å². The molecule has 2 aromatic rings. The second-order valence-electron chi connectivity index (χ2n) is 6.75. The molecular weight excluding hydrogens is 382 g/mol. The van der Waals surface area contributed by atoms with Crippen molar-refractivity contribution in [1.29, 1.82) is 0 Å². The van der Waals surface area contributed by atoms with E-state index in [9.17, 15) is 13.2 Å². The zero-order valence-electron chi connectivity index (χ0n) is 15.1. The van der Waals surface area contributed by atoms with Gasteiger partial charge in [-0.2, -0.15) is 0 Å². The number of primary sulfonamides is 1. The first-order valence-corrected chi connectivity index (χ1v) is 11.5. The molecule has 1 aliphatic heterocycles. The van der Waals surface area contributed by atoms with E-state index in [1.54, 1.807) is 23.5 Å². The van der Waals surface area contributed by atoms with Crippen molar-refractivity contribution >= 4 is 27.3 Å². The average Bonchev–Trinajstić information content (AvgIpc) is 3.31. The monoisotopic (exact) mass is 407 g/mol. The highest BCUT2D eigenvalue weighted by Gasteiger charge is 2.26. The van der Waals surface area contributed by atoms with Crippen LogP contribution < -0.4 is 10.5 Å². The molecule has 8 heteroatoms. The third-order valence-corrected chi connectivity index (χ3v) is 6.75. The van der Waals surface area contributed by atoms with Gasteiger partial charge in [0.25, 0.3) is 0 Å². The van der Waals surface area contributed by atoms with Gasteiger partial charge < -0.3 is 5.32 Å². The van der Waals surface area contributed by atoms with Crippen LogP contribution >= 0.6 is 11.3 Å². The number of nitrogens with two attached hydrogens (primary N) is 1. The summed E-state index contributed by atoms with van der Waals surface area (Å²) in [6, 6.07) is 11.1. The Morgan fingerprint density at radius 3 is 2.70 bits per heavy atom. The Bertz CT molecular complexity index is 849. The molecule has 3 N–H and O–H groups in total. The minimum atomic E-state index is -3.66. The highest BCUT2D eigenvalue weighted by molar-refractivity contribution is 7.89. The molecule has 3 rings (SSSR count). The summed E-state index contributed by atoms with van der Waals surface area (Å²) in [4.78, 5) is 16.0. The number of amides is 1. The summed E-state index contributed by atoms with van der Waals surface area (Å²) < 4.78 is 22.5. The topological polar surface area (TPSA) is 92.5 Å². The van der Waals surface area contributed by atoms with Gasteiger partial charge in [-0.25, -0.2) is 13.6 Å². The molecule has 1 aromatic carbocycles. The Kier molecular flexibility index (Phi) is 6.64. The van der Waals surface area contributed by atoms with Crippen LogP contribution in [0.15, 0.2) is 46.7 Å². The SMILES string of the molecule is NS(=O)(=O)c1ccc(CCNC(=O)CCN2CCCC2c2cccs2)cc1. The number of benzene rings is 1. The number of hydrogen-bond donors (Lipinski definition) is 2. The summed E-state index contributed by atoms with van der Waals surface area (Å²) in [6.45, 7) is 2.35. The number of rotatable bonds is 8. The zero-order chi connectivity index (χ0) is 19.3. The van der Waals surface area contributed by atoms with Crippen LogP contribution in [0.5, 0.6) is 0 Å². The van der Waals surface area contributed by atoms with E-state index in [0.29, 0.717) is 25.4 Å². The van der Waals surface area contributed by atoms with Crippen LogP contribution in [-0.4, -0.2) is 38.9 Å². The fourth-order valence-electron chi connectivity index (χ4n) is 3.42. The van der Waals surface area contributed by atoms with Crippen LogP contribution in [0.25, 0.3) is 0 Å². The molecule has 6 nitrogen and oxygen atoms in total. The maximum absolute atomic E-state index is 12.1. The second-order valence-corrected chi connectivity index (χ2v) is 9.29. The van der Waals surface area contributed by atoms with Crippen LogP contribution in [0.2, 0.25) is 0 Å². The van der Waals surface area contributed by atoms with Crippen molar-refractivity contribution < 1.29 is 13.2 Å². The molecule has 1 saturated heterocycles. The molecule has 1 aliphatic rings. The van der Waals surface area contributed by atoms with Crippen molar-refractivity contribution in [2.75, 3.05) is 19.6 Å². The van der Waals surface area contributed by atoms with Crippen molar-refractivity contribution in [1.82, 2.24) is 10.2 Å². The van der Waals surface area contributed by atoms with Gasteiger partial charge in [0.15, 0.2) is 0 Å². The molecule has 1 fully saturated rings. The molecule has 0 radical (unpaired) electrons. The van der Waals surface area contributed by atoms with E-state index in [0.717, 1.165) is 25.1 Å². The van der Waals surface area contributed by atoms with Crippen molar-refractivity contribution in [3.8, 4) is 0 Å². The predicted molar refractivity (Wildman–Crippen MR) is 107 cm³/mol.